The fourth-order valence-electron chi connectivity index (χ4n) is 4.84. The van der Waals surface area contributed by atoms with Crippen molar-refractivity contribution in [2.45, 2.75) is 42.2 Å². The molecule has 1 aromatic carbocycles. The van der Waals surface area contributed by atoms with Crippen molar-refractivity contribution in [2.75, 3.05) is 11.9 Å². The predicted molar refractivity (Wildman–Crippen MR) is 113 cm³/mol. The Hall–Kier alpha value is -0.400. The van der Waals surface area contributed by atoms with E-state index in [1.807, 2.05) is 0 Å². The Labute approximate surface area is 179 Å². The summed E-state index contributed by atoms with van der Waals surface area (Å²) < 4.78 is 5.13. The molecule has 1 N–H and O–H groups in total. The van der Waals surface area contributed by atoms with Gasteiger partial charge in [0.2, 0.25) is 5.91 Å². The van der Waals surface area contributed by atoms with Crippen LogP contribution >= 0.6 is 47.8 Å². The van der Waals surface area contributed by atoms with Crippen LogP contribution in [0.1, 0.15) is 44.0 Å². The van der Waals surface area contributed by atoms with Crippen molar-refractivity contribution in [1.82, 2.24) is 0 Å². The molecule has 4 nitrogen and oxygen atoms in total. The van der Waals surface area contributed by atoms with Gasteiger partial charge in [0.25, 0.3) is 0 Å². The maximum absolute atomic E-state index is 13.2. The van der Waals surface area contributed by atoms with E-state index in [-0.39, 0.29) is 31.3 Å². The number of fused-ring (bicyclic) bond motifs is 1. The SMILES string of the molecule is CCOC(=O)c1ccc(NC(=O)[C@@]23CC[C@@](C(Br)Br)([C@@H]2Br)C3(C)C)cc1. The first-order chi connectivity index (χ1) is 12.1. The van der Waals surface area contributed by atoms with Gasteiger partial charge in [0, 0.05) is 15.9 Å². The molecule has 142 valence electrons. The maximum Gasteiger partial charge on any atom is 0.338 e. The van der Waals surface area contributed by atoms with Crippen molar-refractivity contribution in [3.63, 3.8) is 0 Å². The van der Waals surface area contributed by atoms with Gasteiger partial charge in [-0.25, -0.2) is 4.79 Å². The Morgan fingerprint density at radius 1 is 1.23 bits per heavy atom. The number of carbonyl (C=O) groups excluding carboxylic acids is 2. The Morgan fingerprint density at radius 3 is 2.31 bits per heavy atom. The van der Waals surface area contributed by atoms with Crippen LogP contribution in [0.5, 0.6) is 0 Å². The summed E-state index contributed by atoms with van der Waals surface area (Å²) in [5.74, 6) is -0.326. The molecule has 0 heterocycles. The summed E-state index contributed by atoms with van der Waals surface area (Å²) in [6, 6.07) is 6.84. The molecule has 3 atom stereocenters. The number of benzene rings is 1. The summed E-state index contributed by atoms with van der Waals surface area (Å²) in [4.78, 5) is 25.1. The summed E-state index contributed by atoms with van der Waals surface area (Å²) in [5, 5.41) is 3.05. The number of amides is 1. The van der Waals surface area contributed by atoms with Gasteiger partial charge in [0.1, 0.15) is 0 Å². The number of carbonyl (C=O) groups is 2. The number of hydrogen-bond acceptors (Lipinski definition) is 3. The highest BCUT2D eigenvalue weighted by atomic mass is 79.9. The number of alkyl halides is 3. The lowest BCUT2D eigenvalue weighted by atomic mass is 9.43. The molecule has 3 fully saturated rings. The summed E-state index contributed by atoms with van der Waals surface area (Å²) in [5.41, 5.74) is 0.559. The molecule has 1 amide bonds. The largest absolute Gasteiger partial charge is 0.462 e. The Kier molecular flexibility index (Phi) is 5.39. The van der Waals surface area contributed by atoms with Gasteiger partial charge in [-0.3, -0.25) is 4.79 Å². The van der Waals surface area contributed by atoms with E-state index >= 15 is 0 Å². The number of nitrogens with one attached hydrogen (secondary N) is 1. The number of hydrogen-bond donors (Lipinski definition) is 1. The lowest BCUT2D eigenvalue weighted by Crippen LogP contribution is -2.71. The number of anilines is 1. The number of halogens is 3. The van der Waals surface area contributed by atoms with Crippen LogP contribution in [0.25, 0.3) is 0 Å². The van der Waals surface area contributed by atoms with Gasteiger partial charge >= 0.3 is 5.97 Å². The lowest BCUT2D eigenvalue weighted by Gasteiger charge is -2.66. The van der Waals surface area contributed by atoms with Gasteiger partial charge in [-0.05, 0) is 49.4 Å². The highest BCUT2D eigenvalue weighted by Gasteiger charge is 2.83. The summed E-state index contributed by atoms with van der Waals surface area (Å²) in [6.07, 6.45) is 1.82. The smallest absolute Gasteiger partial charge is 0.338 e. The van der Waals surface area contributed by atoms with Crippen LogP contribution in [0.2, 0.25) is 0 Å². The van der Waals surface area contributed by atoms with E-state index in [0.29, 0.717) is 17.9 Å². The molecule has 26 heavy (non-hydrogen) atoms. The molecule has 2 bridgehead atoms. The first-order valence-corrected chi connectivity index (χ1v) is 11.4. The van der Waals surface area contributed by atoms with Crippen molar-refractivity contribution in [3.8, 4) is 0 Å². The van der Waals surface area contributed by atoms with E-state index in [2.05, 4.69) is 67.0 Å². The normalized spacial score (nSPS) is 31.4. The third-order valence-corrected chi connectivity index (χ3v) is 9.78. The second-order valence-electron chi connectivity index (χ2n) is 7.55. The molecule has 1 aromatic rings. The highest BCUT2D eigenvalue weighted by Crippen LogP contribution is 2.82. The molecular formula is C19H22Br3NO3. The fraction of sp³-hybridized carbons (Fsp3) is 0.579. The van der Waals surface area contributed by atoms with Gasteiger partial charge in [-0.2, -0.15) is 0 Å². The molecule has 4 rings (SSSR count). The number of rotatable bonds is 5. The number of ether oxygens (including phenoxy) is 1. The van der Waals surface area contributed by atoms with Crippen LogP contribution in [-0.4, -0.2) is 27.0 Å². The quantitative estimate of drug-likeness (QED) is 0.389. The topological polar surface area (TPSA) is 55.4 Å². The van der Waals surface area contributed by atoms with Gasteiger partial charge in [0.15, 0.2) is 0 Å². The average Bonchev–Trinajstić information content (AvgIpc) is 3.05. The molecule has 0 radical (unpaired) electrons. The standard InChI is InChI=1S/C19H22Br3NO3/c1-4-26-13(24)11-5-7-12(8-6-11)23-16(25)19-10-9-18(14(19)20,15(21)22)17(19,2)3/h5-8,14-15H,4,9-10H2,1-3H3,(H,23,25)/t14-,18-,19+/m0/s1. The molecule has 3 aliphatic rings. The minimum Gasteiger partial charge on any atom is -0.462 e. The molecule has 0 aliphatic heterocycles. The molecule has 3 aliphatic carbocycles. The van der Waals surface area contributed by atoms with Crippen molar-refractivity contribution >= 4 is 65.4 Å². The lowest BCUT2D eigenvalue weighted by molar-refractivity contribution is -0.155. The molecular weight excluding hydrogens is 530 g/mol. The Balaban J connectivity index is 1.78. The van der Waals surface area contributed by atoms with Crippen LogP contribution in [0.3, 0.4) is 0 Å². The zero-order valence-electron chi connectivity index (χ0n) is 14.9. The van der Waals surface area contributed by atoms with Gasteiger partial charge < -0.3 is 10.1 Å². The maximum atomic E-state index is 13.2. The third kappa shape index (κ3) is 2.49. The van der Waals surface area contributed by atoms with Crippen LogP contribution in [0.15, 0.2) is 24.3 Å². The molecule has 3 saturated carbocycles. The van der Waals surface area contributed by atoms with Crippen LogP contribution in [0, 0.1) is 16.2 Å². The summed E-state index contributed by atoms with van der Waals surface area (Å²) >= 11 is 11.2. The zero-order chi connectivity index (χ0) is 19.3. The first kappa shape index (κ1) is 20.3. The van der Waals surface area contributed by atoms with Crippen LogP contribution in [-0.2, 0) is 9.53 Å². The summed E-state index contributed by atoms with van der Waals surface area (Å²) in [7, 11) is 0. The first-order valence-electron chi connectivity index (χ1n) is 8.66. The van der Waals surface area contributed by atoms with Crippen molar-refractivity contribution < 1.29 is 14.3 Å². The zero-order valence-corrected chi connectivity index (χ0v) is 19.7. The minimum atomic E-state index is -0.452. The van der Waals surface area contributed by atoms with Gasteiger partial charge in [0.05, 0.1) is 21.3 Å². The van der Waals surface area contributed by atoms with Gasteiger partial charge in [-0.15, -0.1) is 0 Å². The van der Waals surface area contributed by atoms with Gasteiger partial charge in [-0.1, -0.05) is 61.6 Å². The summed E-state index contributed by atoms with van der Waals surface area (Å²) in [6.45, 7) is 6.47. The van der Waals surface area contributed by atoms with Crippen molar-refractivity contribution in [3.05, 3.63) is 29.8 Å². The van der Waals surface area contributed by atoms with E-state index in [9.17, 15) is 9.59 Å². The third-order valence-electron chi connectivity index (χ3n) is 6.55. The minimum absolute atomic E-state index is 0.00188. The Bertz CT molecular complexity index is 734. The Morgan fingerprint density at radius 2 is 1.85 bits per heavy atom. The fourth-order valence-corrected chi connectivity index (χ4v) is 9.76. The molecule has 0 unspecified atom stereocenters. The van der Waals surface area contributed by atoms with E-state index in [1.54, 1.807) is 31.2 Å². The van der Waals surface area contributed by atoms with E-state index < -0.39 is 5.41 Å². The van der Waals surface area contributed by atoms with Crippen LogP contribution < -0.4 is 5.32 Å². The second kappa shape index (κ2) is 6.89. The van der Waals surface area contributed by atoms with E-state index in [4.69, 9.17) is 4.74 Å². The van der Waals surface area contributed by atoms with E-state index in [0.717, 1.165) is 12.8 Å². The number of esters is 1. The average molecular weight is 552 g/mol. The van der Waals surface area contributed by atoms with Crippen LogP contribution in [0.4, 0.5) is 5.69 Å². The van der Waals surface area contributed by atoms with Crippen molar-refractivity contribution in [2.24, 2.45) is 16.2 Å². The van der Waals surface area contributed by atoms with Crippen molar-refractivity contribution in [1.29, 1.82) is 0 Å². The monoisotopic (exact) mass is 549 g/mol. The molecule has 0 saturated heterocycles. The molecule has 0 spiro atoms. The molecule has 0 aromatic heterocycles. The second-order valence-corrected chi connectivity index (χ2v) is 11.5. The van der Waals surface area contributed by atoms with E-state index in [1.165, 1.54) is 0 Å². The predicted octanol–water partition coefficient (Wildman–Crippen LogP) is 5.49. The highest BCUT2D eigenvalue weighted by molar-refractivity contribution is 9.24. The molecule has 7 heteroatoms.